The highest BCUT2D eigenvalue weighted by molar-refractivity contribution is 5.84. The highest BCUT2D eigenvalue weighted by Crippen LogP contribution is 2.28. The van der Waals surface area contributed by atoms with Crippen LogP contribution < -0.4 is 10.2 Å². The lowest BCUT2D eigenvalue weighted by molar-refractivity contribution is 0.403. The van der Waals surface area contributed by atoms with E-state index in [0.717, 1.165) is 49.0 Å². The second-order valence-electron chi connectivity index (χ2n) is 5.76. The molecule has 1 fully saturated rings. The summed E-state index contributed by atoms with van der Waals surface area (Å²) in [6, 6.07) is 0. The van der Waals surface area contributed by atoms with Gasteiger partial charge in [0, 0.05) is 19.6 Å². The molecule has 0 bridgehead atoms. The number of piperidine rings is 1. The minimum Gasteiger partial charge on any atom is -0.354 e. The molecule has 0 amide bonds. The summed E-state index contributed by atoms with van der Waals surface area (Å²) in [5, 5.41) is 3.28. The molecule has 2 aromatic heterocycles. The van der Waals surface area contributed by atoms with Crippen LogP contribution in [-0.4, -0.2) is 39.6 Å². The lowest BCUT2D eigenvalue weighted by Gasteiger charge is -2.33. The average Bonchev–Trinajstić information content (AvgIpc) is 3.00. The third kappa shape index (κ3) is 2.94. The lowest BCUT2D eigenvalue weighted by Crippen LogP contribution is -2.36. The molecule has 0 aliphatic carbocycles. The van der Waals surface area contributed by atoms with Crippen molar-refractivity contribution in [2.75, 3.05) is 29.9 Å². The molecule has 1 saturated heterocycles. The molecule has 6 heteroatoms. The number of hydrogen-bond acceptors (Lipinski definition) is 5. The van der Waals surface area contributed by atoms with Crippen molar-refractivity contribution >= 4 is 22.9 Å². The van der Waals surface area contributed by atoms with E-state index in [-0.39, 0.29) is 0 Å². The summed E-state index contributed by atoms with van der Waals surface area (Å²) in [5.74, 6) is 2.44. The van der Waals surface area contributed by atoms with Crippen LogP contribution in [0.2, 0.25) is 0 Å². The topological polar surface area (TPSA) is 69.7 Å². The van der Waals surface area contributed by atoms with Crippen molar-refractivity contribution in [2.24, 2.45) is 5.92 Å². The van der Waals surface area contributed by atoms with Gasteiger partial charge in [0.05, 0.1) is 6.33 Å². The SMILES string of the molecule is CCCNc1nc(N2CCCC(CC)C2)c2[nH]cnc2n1. The second-order valence-corrected chi connectivity index (χ2v) is 5.76. The first-order chi connectivity index (χ1) is 10.3. The molecule has 3 rings (SSSR count). The van der Waals surface area contributed by atoms with Crippen LogP contribution in [0.1, 0.15) is 39.5 Å². The fourth-order valence-electron chi connectivity index (χ4n) is 2.95. The summed E-state index contributed by atoms with van der Waals surface area (Å²) in [7, 11) is 0. The first kappa shape index (κ1) is 14.1. The predicted molar refractivity (Wildman–Crippen MR) is 85.7 cm³/mol. The number of nitrogens with zero attached hydrogens (tertiary/aromatic N) is 4. The van der Waals surface area contributed by atoms with Gasteiger partial charge in [-0.25, -0.2) is 4.98 Å². The first-order valence-corrected chi connectivity index (χ1v) is 8.01. The molecule has 21 heavy (non-hydrogen) atoms. The lowest BCUT2D eigenvalue weighted by atomic mass is 9.96. The molecule has 1 aliphatic heterocycles. The van der Waals surface area contributed by atoms with E-state index in [9.17, 15) is 0 Å². The number of aromatic nitrogens is 4. The number of H-pyrrole nitrogens is 1. The van der Waals surface area contributed by atoms with Gasteiger partial charge in [0.25, 0.3) is 0 Å². The zero-order chi connectivity index (χ0) is 14.7. The molecular formula is C15H24N6. The first-order valence-electron chi connectivity index (χ1n) is 8.01. The minimum atomic E-state index is 0.685. The second kappa shape index (κ2) is 6.28. The van der Waals surface area contributed by atoms with Gasteiger partial charge in [0.15, 0.2) is 11.5 Å². The third-order valence-corrected chi connectivity index (χ3v) is 4.20. The monoisotopic (exact) mass is 288 g/mol. The van der Waals surface area contributed by atoms with Crippen LogP contribution in [0, 0.1) is 5.92 Å². The number of anilines is 2. The maximum Gasteiger partial charge on any atom is 0.226 e. The summed E-state index contributed by atoms with van der Waals surface area (Å²) in [4.78, 5) is 19.1. The molecule has 0 spiro atoms. The van der Waals surface area contributed by atoms with Gasteiger partial charge >= 0.3 is 0 Å². The number of hydrogen-bond donors (Lipinski definition) is 2. The fraction of sp³-hybridized carbons (Fsp3) is 0.667. The van der Waals surface area contributed by atoms with Crippen LogP contribution >= 0.6 is 0 Å². The van der Waals surface area contributed by atoms with E-state index >= 15 is 0 Å². The molecular weight excluding hydrogens is 264 g/mol. The Kier molecular flexibility index (Phi) is 4.22. The van der Waals surface area contributed by atoms with Gasteiger partial charge in [-0.3, -0.25) is 0 Å². The van der Waals surface area contributed by atoms with Crippen LogP contribution in [0.3, 0.4) is 0 Å². The van der Waals surface area contributed by atoms with E-state index in [2.05, 4.69) is 39.0 Å². The van der Waals surface area contributed by atoms with Crippen LogP contribution in [0.5, 0.6) is 0 Å². The van der Waals surface area contributed by atoms with Crippen LogP contribution in [0.15, 0.2) is 6.33 Å². The van der Waals surface area contributed by atoms with E-state index in [1.807, 2.05) is 0 Å². The predicted octanol–water partition coefficient (Wildman–Crippen LogP) is 2.80. The summed E-state index contributed by atoms with van der Waals surface area (Å²) in [6.07, 6.45) is 6.54. The maximum absolute atomic E-state index is 4.74. The number of nitrogens with one attached hydrogen (secondary N) is 2. The molecule has 2 N–H and O–H groups in total. The Hall–Kier alpha value is -1.85. The number of fused-ring (bicyclic) bond motifs is 1. The smallest absolute Gasteiger partial charge is 0.226 e. The number of imidazole rings is 1. The molecule has 1 aliphatic rings. The van der Waals surface area contributed by atoms with Gasteiger partial charge in [-0.1, -0.05) is 20.3 Å². The van der Waals surface area contributed by atoms with Gasteiger partial charge in [0.2, 0.25) is 5.95 Å². The zero-order valence-electron chi connectivity index (χ0n) is 12.9. The van der Waals surface area contributed by atoms with Crippen LogP contribution in [0.25, 0.3) is 11.2 Å². The Labute approximate surface area is 125 Å². The number of rotatable bonds is 5. The normalized spacial score (nSPS) is 19.1. The van der Waals surface area contributed by atoms with Crippen molar-refractivity contribution in [1.82, 2.24) is 19.9 Å². The Balaban J connectivity index is 1.93. The van der Waals surface area contributed by atoms with E-state index in [0.29, 0.717) is 5.95 Å². The van der Waals surface area contributed by atoms with Gasteiger partial charge in [-0.05, 0) is 25.2 Å². The van der Waals surface area contributed by atoms with Crippen LogP contribution in [-0.2, 0) is 0 Å². The van der Waals surface area contributed by atoms with Crippen molar-refractivity contribution < 1.29 is 0 Å². The van der Waals surface area contributed by atoms with Crippen molar-refractivity contribution in [2.45, 2.75) is 39.5 Å². The quantitative estimate of drug-likeness (QED) is 0.885. The summed E-state index contributed by atoms with van der Waals surface area (Å²) in [6.45, 7) is 7.43. The van der Waals surface area contributed by atoms with Gasteiger partial charge < -0.3 is 15.2 Å². The molecule has 1 atom stereocenters. The summed E-state index contributed by atoms with van der Waals surface area (Å²) in [5.41, 5.74) is 1.70. The minimum absolute atomic E-state index is 0.685. The van der Waals surface area contributed by atoms with Gasteiger partial charge in [-0.15, -0.1) is 0 Å². The molecule has 2 aromatic rings. The molecule has 6 nitrogen and oxygen atoms in total. The van der Waals surface area contributed by atoms with Crippen molar-refractivity contribution in [3.63, 3.8) is 0 Å². The maximum atomic E-state index is 4.74. The molecule has 3 heterocycles. The zero-order valence-corrected chi connectivity index (χ0v) is 12.9. The average molecular weight is 288 g/mol. The van der Waals surface area contributed by atoms with Crippen molar-refractivity contribution in [1.29, 1.82) is 0 Å². The number of aromatic amines is 1. The Morgan fingerprint density at radius 2 is 2.29 bits per heavy atom. The summed E-state index contributed by atoms with van der Waals surface area (Å²) >= 11 is 0. The molecule has 1 unspecified atom stereocenters. The van der Waals surface area contributed by atoms with E-state index in [4.69, 9.17) is 4.98 Å². The van der Waals surface area contributed by atoms with E-state index < -0.39 is 0 Å². The molecule has 0 saturated carbocycles. The largest absolute Gasteiger partial charge is 0.354 e. The highest BCUT2D eigenvalue weighted by atomic mass is 15.3. The standard InChI is InChI=1S/C15H24N6/c1-3-7-16-15-19-13-12(17-10-18-13)14(20-15)21-8-5-6-11(4-2)9-21/h10-11H,3-9H2,1-2H3,(H2,16,17,18,19,20). The highest BCUT2D eigenvalue weighted by Gasteiger charge is 2.23. The Morgan fingerprint density at radius 1 is 1.38 bits per heavy atom. The molecule has 114 valence electrons. The Morgan fingerprint density at radius 3 is 3.10 bits per heavy atom. The van der Waals surface area contributed by atoms with Gasteiger partial charge in [-0.2, -0.15) is 9.97 Å². The van der Waals surface area contributed by atoms with E-state index in [1.165, 1.54) is 19.3 Å². The van der Waals surface area contributed by atoms with E-state index in [1.54, 1.807) is 6.33 Å². The fourth-order valence-corrected chi connectivity index (χ4v) is 2.95. The molecule has 0 aromatic carbocycles. The Bertz CT molecular complexity index is 593. The van der Waals surface area contributed by atoms with Crippen molar-refractivity contribution in [3.8, 4) is 0 Å². The van der Waals surface area contributed by atoms with Gasteiger partial charge in [0.1, 0.15) is 5.52 Å². The molecule has 0 radical (unpaired) electrons. The van der Waals surface area contributed by atoms with Crippen LogP contribution in [0.4, 0.5) is 11.8 Å². The summed E-state index contributed by atoms with van der Waals surface area (Å²) < 4.78 is 0. The van der Waals surface area contributed by atoms with Crippen molar-refractivity contribution in [3.05, 3.63) is 6.33 Å². The third-order valence-electron chi connectivity index (χ3n) is 4.20.